The molecule has 0 bridgehead atoms. The zero-order chi connectivity index (χ0) is 24.7. The number of hydrogen-bond donors (Lipinski definition) is 0. The van der Waals surface area contributed by atoms with Gasteiger partial charge in [-0.15, -0.1) is 0 Å². The van der Waals surface area contributed by atoms with Gasteiger partial charge in [-0.1, -0.05) is 115 Å². The lowest BCUT2D eigenvalue weighted by Crippen LogP contribution is -2.24. The van der Waals surface area contributed by atoms with Crippen molar-refractivity contribution in [3.63, 3.8) is 0 Å². The minimum Gasteiger partial charge on any atom is -0.309 e. The summed E-state index contributed by atoms with van der Waals surface area (Å²) >= 11 is 0. The molecule has 6 rings (SSSR count). The third-order valence-electron chi connectivity index (χ3n) is 6.86. The highest BCUT2D eigenvalue weighted by Gasteiger charge is 2.29. The molecule has 1 heterocycles. The van der Waals surface area contributed by atoms with E-state index in [2.05, 4.69) is 55.5 Å². The highest BCUT2D eigenvalue weighted by molar-refractivity contribution is 7.85. The second-order valence-electron chi connectivity index (χ2n) is 9.32. The molecular weight excluding hydrogens is 457 g/mol. The fraction of sp³-hybridized carbons (Fsp3) is 0.0606. The maximum atomic E-state index is 14.7. The van der Waals surface area contributed by atoms with Gasteiger partial charge in [-0.25, -0.2) is 0 Å². The second-order valence-corrected chi connectivity index (χ2v) is 12.1. The van der Waals surface area contributed by atoms with Gasteiger partial charge in [-0.2, -0.15) is 0 Å². The van der Waals surface area contributed by atoms with E-state index in [4.69, 9.17) is 4.98 Å². The van der Waals surface area contributed by atoms with Crippen molar-refractivity contribution in [2.24, 2.45) is 0 Å². The van der Waals surface area contributed by atoms with Gasteiger partial charge in [0.2, 0.25) is 0 Å². The Morgan fingerprint density at radius 3 is 1.81 bits per heavy atom. The summed E-state index contributed by atoms with van der Waals surface area (Å²) in [6.07, 6.45) is 0. The van der Waals surface area contributed by atoms with Crippen LogP contribution in [-0.2, 0) is 4.57 Å². The summed E-state index contributed by atoms with van der Waals surface area (Å²) in [6, 6.07) is 40.9. The lowest BCUT2D eigenvalue weighted by molar-refractivity contribution is 0.592. The van der Waals surface area contributed by atoms with Crippen LogP contribution in [-0.4, -0.2) is 4.98 Å². The molecule has 0 aliphatic carbocycles. The summed E-state index contributed by atoms with van der Waals surface area (Å²) in [6.45, 7) is 4.16. The first kappa shape index (κ1) is 22.5. The van der Waals surface area contributed by atoms with Crippen LogP contribution in [0, 0.1) is 13.8 Å². The van der Waals surface area contributed by atoms with Crippen LogP contribution in [0.25, 0.3) is 32.8 Å². The van der Waals surface area contributed by atoms with Gasteiger partial charge in [0.05, 0.1) is 5.52 Å². The largest absolute Gasteiger partial charge is 0.309 e. The minimum atomic E-state index is -3.00. The molecule has 36 heavy (non-hydrogen) atoms. The van der Waals surface area contributed by atoms with Crippen molar-refractivity contribution in [3.8, 4) is 11.1 Å². The molecule has 174 valence electrons. The van der Waals surface area contributed by atoms with Gasteiger partial charge in [0, 0.05) is 32.4 Å². The average molecular weight is 484 g/mol. The lowest BCUT2D eigenvalue weighted by Gasteiger charge is -2.20. The van der Waals surface area contributed by atoms with Crippen LogP contribution >= 0.6 is 7.14 Å². The number of nitrogens with zero attached hydrogens (tertiary/aromatic N) is 1. The molecule has 3 heteroatoms. The van der Waals surface area contributed by atoms with E-state index >= 15 is 0 Å². The summed E-state index contributed by atoms with van der Waals surface area (Å²) in [5.41, 5.74) is 5.46. The molecule has 5 aromatic carbocycles. The molecule has 0 saturated carbocycles. The molecular formula is C33H26NOP. The topological polar surface area (TPSA) is 30.0 Å². The molecule has 0 N–H and O–H groups in total. The zero-order valence-electron chi connectivity index (χ0n) is 20.3. The number of aryl methyl sites for hydroxylation is 2. The number of benzene rings is 5. The van der Waals surface area contributed by atoms with Gasteiger partial charge < -0.3 is 4.57 Å². The van der Waals surface area contributed by atoms with Crippen molar-refractivity contribution >= 4 is 44.7 Å². The quantitative estimate of drug-likeness (QED) is 0.194. The van der Waals surface area contributed by atoms with Crippen LogP contribution in [0.3, 0.4) is 0 Å². The van der Waals surface area contributed by atoms with E-state index in [0.29, 0.717) is 0 Å². The molecule has 0 saturated heterocycles. The first-order valence-corrected chi connectivity index (χ1v) is 13.9. The number of aromatic nitrogens is 1. The summed E-state index contributed by atoms with van der Waals surface area (Å²) < 4.78 is 14.7. The molecule has 0 radical (unpaired) electrons. The van der Waals surface area contributed by atoms with Crippen molar-refractivity contribution in [2.45, 2.75) is 13.8 Å². The molecule has 0 aliphatic rings. The Morgan fingerprint density at radius 2 is 1.17 bits per heavy atom. The van der Waals surface area contributed by atoms with Crippen LogP contribution in [0.5, 0.6) is 0 Å². The van der Waals surface area contributed by atoms with Gasteiger partial charge in [0.15, 0.2) is 7.14 Å². The molecule has 0 fully saturated rings. The third-order valence-corrected chi connectivity index (χ3v) is 9.94. The van der Waals surface area contributed by atoms with Crippen LogP contribution in [0.4, 0.5) is 0 Å². The Labute approximate surface area is 211 Å². The van der Waals surface area contributed by atoms with E-state index in [0.717, 1.165) is 43.6 Å². The molecule has 6 aromatic rings. The van der Waals surface area contributed by atoms with Gasteiger partial charge in [0.25, 0.3) is 0 Å². The fourth-order valence-corrected chi connectivity index (χ4v) is 7.71. The fourth-order valence-electron chi connectivity index (χ4n) is 5.06. The molecule has 0 amide bonds. The SMILES string of the molecule is Cc1ccc2ccc3c(-c4ccc(P(=O)(c5ccccc5)c5ccccc5)cc4)cc(C)nc3c2c1. The average Bonchev–Trinajstić information content (AvgIpc) is 2.93. The number of rotatable bonds is 4. The summed E-state index contributed by atoms with van der Waals surface area (Å²) in [5, 5.41) is 6.01. The van der Waals surface area contributed by atoms with Crippen LogP contribution in [0.15, 0.2) is 121 Å². The maximum Gasteiger partial charge on any atom is 0.171 e. The summed E-state index contributed by atoms with van der Waals surface area (Å²) in [5.74, 6) is 0. The lowest BCUT2D eigenvalue weighted by atomic mass is 9.96. The summed E-state index contributed by atoms with van der Waals surface area (Å²) in [7, 11) is -3.00. The van der Waals surface area contributed by atoms with E-state index in [1.54, 1.807) is 0 Å². The third kappa shape index (κ3) is 3.75. The monoisotopic (exact) mass is 483 g/mol. The van der Waals surface area contributed by atoms with E-state index in [-0.39, 0.29) is 0 Å². The molecule has 0 unspecified atom stereocenters. The Hall–Kier alpha value is -4.00. The van der Waals surface area contributed by atoms with Gasteiger partial charge in [-0.05, 0) is 42.5 Å². The first-order valence-electron chi connectivity index (χ1n) is 12.2. The first-order chi connectivity index (χ1) is 17.5. The highest BCUT2D eigenvalue weighted by atomic mass is 31.2. The number of pyridine rings is 1. The smallest absolute Gasteiger partial charge is 0.171 e. The molecule has 0 atom stereocenters. The van der Waals surface area contributed by atoms with Crippen molar-refractivity contribution < 1.29 is 4.57 Å². The van der Waals surface area contributed by atoms with E-state index < -0.39 is 7.14 Å². The number of fused-ring (bicyclic) bond motifs is 3. The Morgan fingerprint density at radius 1 is 0.583 bits per heavy atom. The van der Waals surface area contributed by atoms with Gasteiger partial charge in [-0.3, -0.25) is 4.98 Å². The molecule has 2 nitrogen and oxygen atoms in total. The van der Waals surface area contributed by atoms with Crippen LogP contribution in [0.1, 0.15) is 11.3 Å². The predicted molar refractivity (Wildman–Crippen MR) is 154 cm³/mol. The molecule has 0 aliphatic heterocycles. The van der Waals surface area contributed by atoms with Gasteiger partial charge >= 0.3 is 0 Å². The highest BCUT2D eigenvalue weighted by Crippen LogP contribution is 2.43. The van der Waals surface area contributed by atoms with E-state index in [1.807, 2.05) is 79.7 Å². The van der Waals surface area contributed by atoms with Crippen molar-refractivity contribution in [2.75, 3.05) is 0 Å². The van der Waals surface area contributed by atoms with E-state index in [1.165, 1.54) is 16.3 Å². The summed E-state index contributed by atoms with van der Waals surface area (Å²) in [4.78, 5) is 4.92. The second kappa shape index (κ2) is 8.90. The van der Waals surface area contributed by atoms with E-state index in [9.17, 15) is 4.57 Å². The molecule has 1 aromatic heterocycles. The Balaban J connectivity index is 1.52. The van der Waals surface area contributed by atoms with Crippen molar-refractivity contribution in [1.82, 2.24) is 4.98 Å². The van der Waals surface area contributed by atoms with Crippen molar-refractivity contribution in [3.05, 3.63) is 133 Å². The van der Waals surface area contributed by atoms with Crippen LogP contribution < -0.4 is 15.9 Å². The predicted octanol–water partition coefficient (Wildman–Crippen LogP) is 7.31. The normalized spacial score (nSPS) is 11.7. The van der Waals surface area contributed by atoms with Crippen molar-refractivity contribution in [1.29, 1.82) is 0 Å². The van der Waals surface area contributed by atoms with Gasteiger partial charge in [0.1, 0.15) is 0 Å². The maximum absolute atomic E-state index is 14.7. The van der Waals surface area contributed by atoms with Crippen LogP contribution in [0.2, 0.25) is 0 Å². The Kier molecular flexibility index (Phi) is 5.55. The zero-order valence-corrected chi connectivity index (χ0v) is 21.2. The molecule has 0 spiro atoms. The minimum absolute atomic E-state index is 0.833. The Bertz CT molecular complexity index is 1710. The number of hydrogen-bond acceptors (Lipinski definition) is 2. The standard InChI is InChI=1S/C33H26NOP/c1-23-13-14-26-17-20-30-31(22-24(2)34-33(30)32(26)21-23)25-15-18-29(19-16-25)36(35,27-9-5-3-6-10-27)28-11-7-4-8-12-28/h3-22H,1-2H3.